The Morgan fingerprint density at radius 1 is 1.37 bits per heavy atom. The molecule has 0 spiro atoms. The minimum absolute atomic E-state index is 0.253. The highest BCUT2D eigenvalue weighted by Gasteiger charge is 2.37. The van der Waals surface area contributed by atoms with Crippen molar-refractivity contribution in [2.45, 2.75) is 44.3 Å². The molecular weight excluding hydrogens is 357 g/mol. The summed E-state index contributed by atoms with van der Waals surface area (Å²) >= 11 is 0. The second-order valence-electron chi connectivity index (χ2n) is 7.07. The van der Waals surface area contributed by atoms with Gasteiger partial charge < -0.3 is 5.32 Å². The molecule has 0 saturated heterocycles. The Morgan fingerprint density at radius 2 is 2.07 bits per heavy atom. The molecule has 1 heterocycles. The Morgan fingerprint density at radius 3 is 2.67 bits per heavy atom. The van der Waals surface area contributed by atoms with Crippen molar-refractivity contribution in [1.82, 2.24) is 15.1 Å². The fourth-order valence-corrected chi connectivity index (χ4v) is 3.47. The summed E-state index contributed by atoms with van der Waals surface area (Å²) in [7, 11) is 0. The van der Waals surface area contributed by atoms with E-state index in [0.29, 0.717) is 24.4 Å². The molecule has 0 bridgehead atoms. The number of nitriles is 1. The highest BCUT2D eigenvalue weighted by molar-refractivity contribution is 5.94. The molecule has 1 aliphatic carbocycles. The molecule has 0 radical (unpaired) electrons. The number of amides is 1. The number of nitrogens with zero attached hydrogens (tertiary/aromatic N) is 3. The topological polar surface area (TPSA) is 70.7 Å². The number of carbonyl (C=O) groups excluding carboxylic acids is 1. The Kier molecular flexibility index (Phi) is 4.96. The normalized spacial score (nSPS) is 22.9. The standard InChI is InChI=1S/C19H19F3N4O/c1-13-3-2-8-18(9-13,12-23)25-17(27)14-10-24-26(11-14)16-6-4-15(5-7-16)19(20,21)22/h4-7,10-11,13H,2-3,8-9H2,1H3,(H,25,27). The molecule has 1 fully saturated rings. The lowest BCUT2D eigenvalue weighted by Crippen LogP contribution is -2.50. The highest BCUT2D eigenvalue weighted by atomic mass is 19.4. The van der Waals surface area contributed by atoms with Crippen LogP contribution in [0.5, 0.6) is 0 Å². The first-order valence-electron chi connectivity index (χ1n) is 8.68. The van der Waals surface area contributed by atoms with E-state index in [0.717, 1.165) is 25.0 Å². The van der Waals surface area contributed by atoms with E-state index in [-0.39, 0.29) is 5.56 Å². The number of carbonyl (C=O) groups is 1. The zero-order valence-electron chi connectivity index (χ0n) is 14.8. The van der Waals surface area contributed by atoms with E-state index >= 15 is 0 Å². The quantitative estimate of drug-likeness (QED) is 0.877. The third-order valence-electron chi connectivity index (χ3n) is 4.87. The van der Waals surface area contributed by atoms with Crippen LogP contribution in [0.4, 0.5) is 13.2 Å². The van der Waals surface area contributed by atoms with Crippen molar-refractivity contribution in [3.8, 4) is 11.8 Å². The van der Waals surface area contributed by atoms with E-state index in [4.69, 9.17) is 0 Å². The molecule has 1 aromatic carbocycles. The van der Waals surface area contributed by atoms with Crippen LogP contribution in [0.25, 0.3) is 5.69 Å². The van der Waals surface area contributed by atoms with Crippen molar-refractivity contribution >= 4 is 5.91 Å². The molecule has 8 heteroatoms. The summed E-state index contributed by atoms with van der Waals surface area (Å²) < 4.78 is 39.3. The molecule has 1 saturated carbocycles. The summed E-state index contributed by atoms with van der Waals surface area (Å²) in [6, 6.07) is 6.75. The Hall–Kier alpha value is -2.82. The summed E-state index contributed by atoms with van der Waals surface area (Å²) in [6.45, 7) is 2.06. The van der Waals surface area contributed by atoms with Gasteiger partial charge in [-0.15, -0.1) is 0 Å². The van der Waals surface area contributed by atoms with Gasteiger partial charge in [0.1, 0.15) is 5.54 Å². The van der Waals surface area contributed by atoms with Crippen LogP contribution in [0.2, 0.25) is 0 Å². The number of halogens is 3. The maximum Gasteiger partial charge on any atom is 0.416 e. The summed E-state index contributed by atoms with van der Waals surface area (Å²) in [4.78, 5) is 12.5. The second kappa shape index (κ2) is 7.06. The van der Waals surface area contributed by atoms with Crippen LogP contribution in [0.15, 0.2) is 36.7 Å². The van der Waals surface area contributed by atoms with Gasteiger partial charge in [-0.3, -0.25) is 4.79 Å². The molecule has 5 nitrogen and oxygen atoms in total. The monoisotopic (exact) mass is 376 g/mol. The fourth-order valence-electron chi connectivity index (χ4n) is 3.47. The van der Waals surface area contributed by atoms with Gasteiger partial charge in [0.05, 0.1) is 29.1 Å². The van der Waals surface area contributed by atoms with E-state index in [9.17, 15) is 23.2 Å². The van der Waals surface area contributed by atoms with Gasteiger partial charge in [0, 0.05) is 6.20 Å². The van der Waals surface area contributed by atoms with Gasteiger partial charge in [0.25, 0.3) is 5.91 Å². The molecule has 3 rings (SSSR count). The van der Waals surface area contributed by atoms with Crippen LogP contribution in [-0.4, -0.2) is 21.2 Å². The Labute approximate surface area is 154 Å². The van der Waals surface area contributed by atoms with E-state index in [1.165, 1.54) is 29.2 Å². The van der Waals surface area contributed by atoms with E-state index < -0.39 is 23.2 Å². The third-order valence-corrected chi connectivity index (χ3v) is 4.87. The maximum atomic E-state index is 12.7. The zero-order valence-corrected chi connectivity index (χ0v) is 14.8. The van der Waals surface area contributed by atoms with Crippen LogP contribution in [-0.2, 0) is 6.18 Å². The second-order valence-corrected chi connectivity index (χ2v) is 7.07. The number of benzene rings is 1. The van der Waals surface area contributed by atoms with Gasteiger partial charge in [-0.05, 0) is 49.4 Å². The van der Waals surface area contributed by atoms with Gasteiger partial charge >= 0.3 is 6.18 Å². The SMILES string of the molecule is CC1CCCC(C#N)(NC(=O)c2cnn(-c3ccc(C(F)(F)F)cc3)c2)C1. The van der Waals surface area contributed by atoms with Gasteiger partial charge in [-0.1, -0.05) is 13.3 Å². The number of aromatic nitrogens is 2. The van der Waals surface area contributed by atoms with Crippen LogP contribution < -0.4 is 5.32 Å². The summed E-state index contributed by atoms with van der Waals surface area (Å²) in [6.07, 6.45) is 1.48. The molecule has 0 aliphatic heterocycles. The highest BCUT2D eigenvalue weighted by Crippen LogP contribution is 2.32. The Bertz CT molecular complexity index is 866. The lowest BCUT2D eigenvalue weighted by molar-refractivity contribution is -0.137. The van der Waals surface area contributed by atoms with E-state index in [1.807, 2.05) is 0 Å². The molecule has 142 valence electrons. The van der Waals surface area contributed by atoms with E-state index in [1.54, 1.807) is 0 Å². The van der Waals surface area contributed by atoms with Crippen molar-refractivity contribution in [2.24, 2.45) is 5.92 Å². The largest absolute Gasteiger partial charge is 0.416 e. The molecular formula is C19H19F3N4O. The van der Waals surface area contributed by atoms with E-state index in [2.05, 4.69) is 23.4 Å². The van der Waals surface area contributed by atoms with Gasteiger partial charge in [-0.25, -0.2) is 4.68 Å². The molecule has 1 aromatic heterocycles. The minimum Gasteiger partial charge on any atom is -0.334 e. The molecule has 2 aromatic rings. The zero-order chi connectivity index (χ0) is 19.7. The van der Waals surface area contributed by atoms with Crippen LogP contribution in [0, 0.1) is 17.2 Å². The number of hydrogen-bond donors (Lipinski definition) is 1. The predicted octanol–water partition coefficient (Wildman–Crippen LogP) is 4.09. The molecule has 1 aliphatic rings. The Balaban J connectivity index is 1.75. The van der Waals surface area contributed by atoms with Crippen molar-refractivity contribution in [2.75, 3.05) is 0 Å². The van der Waals surface area contributed by atoms with Gasteiger partial charge in [-0.2, -0.15) is 23.5 Å². The number of rotatable bonds is 3. The molecule has 27 heavy (non-hydrogen) atoms. The average Bonchev–Trinajstić information content (AvgIpc) is 3.11. The van der Waals surface area contributed by atoms with Crippen molar-refractivity contribution in [3.05, 3.63) is 47.8 Å². The van der Waals surface area contributed by atoms with Crippen molar-refractivity contribution < 1.29 is 18.0 Å². The summed E-state index contributed by atoms with van der Waals surface area (Å²) in [5.74, 6) is -0.0580. The first-order valence-corrected chi connectivity index (χ1v) is 8.68. The van der Waals surface area contributed by atoms with Crippen LogP contribution in [0.3, 0.4) is 0 Å². The van der Waals surface area contributed by atoms with Crippen LogP contribution >= 0.6 is 0 Å². The first-order chi connectivity index (χ1) is 12.7. The maximum absolute atomic E-state index is 12.7. The molecule has 1 amide bonds. The average molecular weight is 376 g/mol. The molecule has 1 N–H and O–H groups in total. The van der Waals surface area contributed by atoms with Crippen molar-refractivity contribution in [3.63, 3.8) is 0 Å². The lowest BCUT2D eigenvalue weighted by Gasteiger charge is -2.34. The molecule has 2 unspecified atom stereocenters. The fraction of sp³-hybridized carbons (Fsp3) is 0.421. The van der Waals surface area contributed by atoms with Gasteiger partial charge in [0.2, 0.25) is 0 Å². The summed E-state index contributed by atoms with van der Waals surface area (Å²) in [5, 5.41) is 16.4. The van der Waals surface area contributed by atoms with Crippen molar-refractivity contribution in [1.29, 1.82) is 5.26 Å². The predicted molar refractivity (Wildman–Crippen MR) is 92.0 cm³/mol. The lowest BCUT2D eigenvalue weighted by atomic mass is 9.77. The van der Waals surface area contributed by atoms with Gasteiger partial charge in [0.15, 0.2) is 0 Å². The van der Waals surface area contributed by atoms with Crippen LogP contribution in [0.1, 0.15) is 48.5 Å². The summed E-state index contributed by atoms with van der Waals surface area (Å²) in [5.41, 5.74) is -0.976. The first kappa shape index (κ1) is 19.0. The third kappa shape index (κ3) is 4.13. The minimum atomic E-state index is -4.41. The smallest absolute Gasteiger partial charge is 0.334 e. The number of alkyl halides is 3. The number of nitrogens with one attached hydrogen (secondary N) is 1. The number of hydrogen-bond acceptors (Lipinski definition) is 3. The molecule has 2 atom stereocenters.